The molecule has 0 aromatic carbocycles. The van der Waals surface area contributed by atoms with Crippen molar-refractivity contribution in [3.05, 3.63) is 0 Å². The molecule has 0 aromatic heterocycles. The van der Waals surface area contributed by atoms with E-state index < -0.39 is 12.0 Å². The highest BCUT2D eigenvalue weighted by atomic mass is 16.4. The first-order chi connectivity index (χ1) is 7.68. The van der Waals surface area contributed by atoms with Crippen LogP contribution >= 0.6 is 0 Å². The van der Waals surface area contributed by atoms with E-state index in [9.17, 15) is 4.79 Å². The Labute approximate surface area is 97.8 Å². The van der Waals surface area contributed by atoms with E-state index in [0.717, 1.165) is 32.1 Å². The van der Waals surface area contributed by atoms with Gasteiger partial charge in [-0.3, -0.25) is 4.79 Å². The van der Waals surface area contributed by atoms with Crippen molar-refractivity contribution >= 4 is 5.97 Å². The van der Waals surface area contributed by atoms with Gasteiger partial charge in [-0.1, -0.05) is 44.9 Å². The van der Waals surface area contributed by atoms with Gasteiger partial charge >= 0.3 is 5.97 Å². The number of unbranched alkanes of at least 4 members (excludes halogenated alkanes) is 7. The standard InChI is InChI=1S/C12H25NO3/c13-11(12(15)16)9-7-5-3-1-2-4-6-8-10-14/h11,14H,1-10,13H2,(H,15,16)/t11-/m0/s1. The van der Waals surface area contributed by atoms with E-state index in [2.05, 4.69) is 0 Å². The predicted molar refractivity (Wildman–Crippen MR) is 64.3 cm³/mol. The summed E-state index contributed by atoms with van der Waals surface area (Å²) in [7, 11) is 0. The Kier molecular flexibility index (Phi) is 10.5. The molecule has 0 spiro atoms. The van der Waals surface area contributed by atoms with Crippen molar-refractivity contribution in [3.8, 4) is 0 Å². The first kappa shape index (κ1) is 15.4. The lowest BCUT2D eigenvalue weighted by atomic mass is 10.1. The number of carboxylic acid groups (broad SMARTS) is 1. The quantitative estimate of drug-likeness (QED) is 0.474. The molecule has 1 atom stereocenters. The molecule has 0 unspecified atom stereocenters. The zero-order valence-electron chi connectivity index (χ0n) is 10.0. The lowest BCUT2D eigenvalue weighted by molar-refractivity contribution is -0.138. The smallest absolute Gasteiger partial charge is 0.320 e. The van der Waals surface area contributed by atoms with Crippen LogP contribution in [0.3, 0.4) is 0 Å². The van der Waals surface area contributed by atoms with Crippen LogP contribution in [0.4, 0.5) is 0 Å². The maximum absolute atomic E-state index is 10.4. The summed E-state index contributed by atoms with van der Waals surface area (Å²) in [5.41, 5.74) is 5.39. The Morgan fingerprint density at radius 3 is 1.81 bits per heavy atom. The molecule has 0 saturated carbocycles. The fourth-order valence-corrected chi connectivity index (χ4v) is 1.66. The van der Waals surface area contributed by atoms with E-state index in [1.165, 1.54) is 19.3 Å². The molecule has 0 radical (unpaired) electrons. The van der Waals surface area contributed by atoms with Gasteiger partial charge in [0, 0.05) is 6.61 Å². The highest BCUT2D eigenvalue weighted by molar-refractivity contribution is 5.72. The minimum atomic E-state index is -0.899. The summed E-state index contributed by atoms with van der Waals surface area (Å²) in [6.07, 6.45) is 9.35. The van der Waals surface area contributed by atoms with Crippen LogP contribution in [0.15, 0.2) is 0 Å². The monoisotopic (exact) mass is 231 g/mol. The Bertz CT molecular complexity index is 174. The number of nitrogens with two attached hydrogens (primary N) is 1. The zero-order chi connectivity index (χ0) is 12.2. The van der Waals surface area contributed by atoms with Crippen LogP contribution in [0.2, 0.25) is 0 Å². The van der Waals surface area contributed by atoms with Crippen LogP contribution in [-0.4, -0.2) is 28.8 Å². The van der Waals surface area contributed by atoms with Crippen molar-refractivity contribution in [1.82, 2.24) is 0 Å². The van der Waals surface area contributed by atoms with Gasteiger partial charge in [-0.05, 0) is 12.8 Å². The van der Waals surface area contributed by atoms with Crippen molar-refractivity contribution in [3.63, 3.8) is 0 Å². The molecule has 0 amide bonds. The largest absolute Gasteiger partial charge is 0.480 e. The molecule has 16 heavy (non-hydrogen) atoms. The van der Waals surface area contributed by atoms with Crippen LogP contribution in [0.5, 0.6) is 0 Å². The van der Waals surface area contributed by atoms with Gasteiger partial charge in [0.25, 0.3) is 0 Å². The van der Waals surface area contributed by atoms with E-state index in [4.69, 9.17) is 15.9 Å². The van der Waals surface area contributed by atoms with Gasteiger partial charge in [0.1, 0.15) is 6.04 Å². The number of hydrogen-bond donors (Lipinski definition) is 3. The van der Waals surface area contributed by atoms with Crippen molar-refractivity contribution in [1.29, 1.82) is 0 Å². The normalized spacial score (nSPS) is 12.6. The third-order valence-electron chi connectivity index (χ3n) is 2.74. The minimum Gasteiger partial charge on any atom is -0.480 e. The Balaban J connectivity index is 3.07. The lowest BCUT2D eigenvalue weighted by Crippen LogP contribution is -2.29. The fraction of sp³-hybridized carbons (Fsp3) is 0.917. The molecule has 0 aliphatic carbocycles. The molecular formula is C12H25NO3. The second-order valence-electron chi connectivity index (χ2n) is 4.29. The average Bonchev–Trinajstić information content (AvgIpc) is 2.26. The molecule has 0 rings (SSSR count). The molecule has 4 nitrogen and oxygen atoms in total. The van der Waals surface area contributed by atoms with Crippen molar-refractivity contribution in [2.75, 3.05) is 6.61 Å². The molecule has 4 N–H and O–H groups in total. The Morgan fingerprint density at radius 2 is 1.38 bits per heavy atom. The summed E-state index contributed by atoms with van der Waals surface area (Å²) in [5, 5.41) is 17.1. The number of carboxylic acids is 1. The maximum atomic E-state index is 10.4. The third kappa shape index (κ3) is 9.93. The SMILES string of the molecule is N[C@@H](CCCCCCCCCCO)C(=O)O. The Morgan fingerprint density at radius 1 is 0.938 bits per heavy atom. The van der Waals surface area contributed by atoms with Crippen LogP contribution in [0.25, 0.3) is 0 Å². The van der Waals surface area contributed by atoms with Gasteiger partial charge in [-0.15, -0.1) is 0 Å². The third-order valence-corrected chi connectivity index (χ3v) is 2.74. The molecule has 96 valence electrons. The highest BCUT2D eigenvalue weighted by Gasteiger charge is 2.09. The molecule has 0 fully saturated rings. The number of aliphatic hydroxyl groups is 1. The number of carbonyl (C=O) groups is 1. The first-order valence-electron chi connectivity index (χ1n) is 6.27. The first-order valence-corrected chi connectivity index (χ1v) is 6.27. The molecule has 0 saturated heterocycles. The van der Waals surface area contributed by atoms with Gasteiger partial charge in [-0.2, -0.15) is 0 Å². The minimum absolute atomic E-state index is 0.299. The summed E-state index contributed by atoms with van der Waals surface area (Å²) >= 11 is 0. The molecule has 0 aromatic rings. The van der Waals surface area contributed by atoms with Gasteiger partial charge in [0.2, 0.25) is 0 Å². The van der Waals surface area contributed by atoms with Gasteiger partial charge < -0.3 is 15.9 Å². The van der Waals surface area contributed by atoms with Crippen molar-refractivity contribution < 1.29 is 15.0 Å². The zero-order valence-corrected chi connectivity index (χ0v) is 10.0. The van der Waals surface area contributed by atoms with Crippen LogP contribution in [0, 0.1) is 0 Å². The summed E-state index contributed by atoms with van der Waals surface area (Å²) < 4.78 is 0. The summed E-state index contributed by atoms with van der Waals surface area (Å²) in [5.74, 6) is -0.899. The molecule has 0 bridgehead atoms. The van der Waals surface area contributed by atoms with Crippen LogP contribution in [0.1, 0.15) is 57.8 Å². The molecule has 4 heteroatoms. The predicted octanol–water partition coefficient (Wildman–Crippen LogP) is 1.90. The average molecular weight is 231 g/mol. The van der Waals surface area contributed by atoms with Crippen LogP contribution in [-0.2, 0) is 4.79 Å². The van der Waals surface area contributed by atoms with E-state index in [1.807, 2.05) is 0 Å². The summed E-state index contributed by atoms with van der Waals surface area (Å²) in [6.45, 7) is 0.299. The number of rotatable bonds is 11. The molecule has 0 aliphatic heterocycles. The number of aliphatic carboxylic acids is 1. The van der Waals surface area contributed by atoms with Gasteiger partial charge in [-0.25, -0.2) is 0 Å². The number of hydrogen-bond acceptors (Lipinski definition) is 3. The van der Waals surface area contributed by atoms with Crippen molar-refractivity contribution in [2.45, 2.75) is 63.8 Å². The van der Waals surface area contributed by atoms with E-state index in [-0.39, 0.29) is 0 Å². The fourth-order valence-electron chi connectivity index (χ4n) is 1.66. The summed E-state index contributed by atoms with van der Waals surface area (Å²) in [6, 6.07) is -0.690. The van der Waals surface area contributed by atoms with E-state index in [0.29, 0.717) is 13.0 Å². The molecule has 0 aliphatic rings. The topological polar surface area (TPSA) is 83.5 Å². The van der Waals surface area contributed by atoms with Gasteiger partial charge in [0.15, 0.2) is 0 Å². The van der Waals surface area contributed by atoms with Crippen molar-refractivity contribution in [2.24, 2.45) is 5.73 Å². The second-order valence-corrected chi connectivity index (χ2v) is 4.29. The number of aliphatic hydroxyl groups excluding tert-OH is 1. The lowest BCUT2D eigenvalue weighted by Gasteiger charge is -2.05. The molecular weight excluding hydrogens is 206 g/mol. The summed E-state index contributed by atoms with van der Waals surface area (Å²) in [4.78, 5) is 10.4. The van der Waals surface area contributed by atoms with Gasteiger partial charge in [0.05, 0.1) is 0 Å². The van der Waals surface area contributed by atoms with Crippen LogP contribution < -0.4 is 5.73 Å². The highest BCUT2D eigenvalue weighted by Crippen LogP contribution is 2.10. The van der Waals surface area contributed by atoms with E-state index >= 15 is 0 Å². The Hall–Kier alpha value is -0.610. The second kappa shape index (κ2) is 10.9. The van der Waals surface area contributed by atoms with E-state index in [1.54, 1.807) is 0 Å². The molecule has 0 heterocycles. The maximum Gasteiger partial charge on any atom is 0.320 e.